The summed E-state index contributed by atoms with van der Waals surface area (Å²) in [5.41, 5.74) is 2.42. The number of ether oxygens (including phenoxy) is 1. The third kappa shape index (κ3) is 6.31. The summed E-state index contributed by atoms with van der Waals surface area (Å²) in [5.74, 6) is -1.11. The highest BCUT2D eigenvalue weighted by atomic mass is 16.5. The molecular weight excluding hydrogens is 392 g/mol. The molecule has 6 nitrogen and oxygen atoms in total. The Morgan fingerprint density at radius 2 is 1.68 bits per heavy atom. The Morgan fingerprint density at radius 1 is 0.968 bits per heavy atom. The van der Waals surface area contributed by atoms with E-state index in [1.165, 1.54) is 18.2 Å². The van der Waals surface area contributed by atoms with Crippen molar-refractivity contribution in [2.45, 2.75) is 13.2 Å². The van der Waals surface area contributed by atoms with Crippen LogP contribution >= 0.6 is 0 Å². The second-order valence-corrected chi connectivity index (χ2v) is 6.68. The Hall–Kier alpha value is -4.37. The minimum atomic E-state index is -1.24. The second-order valence-electron chi connectivity index (χ2n) is 6.68. The van der Waals surface area contributed by atoms with Gasteiger partial charge in [-0.25, -0.2) is 0 Å². The van der Waals surface area contributed by atoms with Crippen molar-refractivity contribution in [3.63, 3.8) is 0 Å². The fraction of sp³-hybridized carbons (Fsp3) is 0.0800. The van der Waals surface area contributed by atoms with Crippen molar-refractivity contribution in [2.24, 2.45) is 0 Å². The molecule has 0 atom stereocenters. The van der Waals surface area contributed by atoms with Gasteiger partial charge in [0.05, 0.1) is 5.97 Å². The summed E-state index contributed by atoms with van der Waals surface area (Å²) >= 11 is 0. The summed E-state index contributed by atoms with van der Waals surface area (Å²) in [5, 5.41) is 23.0. The number of carboxylic acid groups (broad SMARTS) is 1. The first-order chi connectivity index (χ1) is 15.0. The average molecular weight is 411 g/mol. The molecule has 31 heavy (non-hydrogen) atoms. The van der Waals surface area contributed by atoms with Crippen molar-refractivity contribution in [3.8, 4) is 11.8 Å². The van der Waals surface area contributed by atoms with Crippen molar-refractivity contribution in [2.75, 3.05) is 0 Å². The van der Waals surface area contributed by atoms with Crippen LogP contribution < -0.4 is 15.2 Å². The molecule has 0 spiro atoms. The van der Waals surface area contributed by atoms with Crippen LogP contribution in [0.5, 0.6) is 5.75 Å². The van der Waals surface area contributed by atoms with E-state index in [2.05, 4.69) is 5.32 Å². The smallest absolute Gasteiger partial charge is 0.262 e. The van der Waals surface area contributed by atoms with Gasteiger partial charge in [0.1, 0.15) is 24.0 Å². The van der Waals surface area contributed by atoms with Crippen LogP contribution in [0.15, 0.2) is 84.4 Å². The molecule has 0 aromatic heterocycles. The first-order valence-corrected chi connectivity index (χ1v) is 9.52. The van der Waals surface area contributed by atoms with Gasteiger partial charge in [0.15, 0.2) is 0 Å². The molecule has 3 aromatic carbocycles. The summed E-state index contributed by atoms with van der Waals surface area (Å²) < 4.78 is 5.67. The average Bonchev–Trinajstić information content (AvgIpc) is 2.81. The molecule has 1 N–H and O–H groups in total. The predicted molar refractivity (Wildman–Crippen MR) is 113 cm³/mol. The lowest BCUT2D eigenvalue weighted by Gasteiger charge is -2.09. The molecule has 0 aliphatic heterocycles. The van der Waals surface area contributed by atoms with Crippen LogP contribution in [0.1, 0.15) is 27.0 Å². The number of carbonyl (C=O) groups is 2. The standard InChI is InChI=1S/C25H20N2O4/c26-15-22(24(28)27-16-19-5-2-1-3-6-19)13-18-9-11-23(12-10-18)31-17-20-7-4-8-21(14-20)25(29)30/h1-14H,16-17H2,(H,27,28)(H,29,30)/p-1/b22-13-. The van der Waals surface area contributed by atoms with Gasteiger partial charge in [-0.2, -0.15) is 5.26 Å². The normalized spacial score (nSPS) is 10.7. The van der Waals surface area contributed by atoms with Crippen LogP contribution in [0.3, 0.4) is 0 Å². The van der Waals surface area contributed by atoms with E-state index in [9.17, 15) is 20.0 Å². The first-order valence-electron chi connectivity index (χ1n) is 9.52. The van der Waals surface area contributed by atoms with E-state index < -0.39 is 11.9 Å². The summed E-state index contributed by atoms with van der Waals surface area (Å²) in [7, 11) is 0. The zero-order valence-electron chi connectivity index (χ0n) is 16.6. The maximum absolute atomic E-state index is 12.3. The molecule has 0 saturated heterocycles. The predicted octanol–water partition coefficient (Wildman–Crippen LogP) is 2.85. The molecule has 1 amide bonds. The molecule has 6 heteroatoms. The van der Waals surface area contributed by atoms with E-state index in [0.29, 0.717) is 23.4 Å². The Labute approximate surface area is 180 Å². The fourth-order valence-electron chi connectivity index (χ4n) is 2.80. The molecule has 0 radical (unpaired) electrons. The van der Waals surface area contributed by atoms with Crippen LogP contribution in [0.4, 0.5) is 0 Å². The van der Waals surface area contributed by atoms with E-state index in [0.717, 1.165) is 5.56 Å². The Balaban J connectivity index is 1.59. The van der Waals surface area contributed by atoms with Crippen LogP contribution in [0.25, 0.3) is 6.08 Å². The van der Waals surface area contributed by atoms with Gasteiger partial charge < -0.3 is 20.0 Å². The highest BCUT2D eigenvalue weighted by Gasteiger charge is 2.09. The van der Waals surface area contributed by atoms with Crippen LogP contribution in [-0.2, 0) is 17.9 Å². The molecule has 0 aliphatic carbocycles. The number of nitrogens with zero attached hydrogens (tertiary/aromatic N) is 1. The van der Waals surface area contributed by atoms with Gasteiger partial charge in [-0.05, 0) is 46.5 Å². The monoisotopic (exact) mass is 411 g/mol. The summed E-state index contributed by atoms with van der Waals surface area (Å²) in [6.07, 6.45) is 1.51. The molecule has 0 unspecified atom stereocenters. The molecule has 0 bridgehead atoms. The van der Waals surface area contributed by atoms with Crippen molar-refractivity contribution >= 4 is 18.0 Å². The number of carbonyl (C=O) groups excluding carboxylic acids is 2. The maximum atomic E-state index is 12.3. The van der Waals surface area contributed by atoms with E-state index in [1.807, 2.05) is 36.4 Å². The number of carboxylic acids is 1. The van der Waals surface area contributed by atoms with Gasteiger partial charge in [-0.3, -0.25) is 4.79 Å². The number of amides is 1. The quantitative estimate of drug-likeness (QED) is 0.454. The minimum Gasteiger partial charge on any atom is -0.545 e. The maximum Gasteiger partial charge on any atom is 0.262 e. The van der Waals surface area contributed by atoms with Crippen LogP contribution in [0, 0.1) is 11.3 Å². The first kappa shape index (κ1) is 21.3. The molecule has 0 heterocycles. The summed E-state index contributed by atoms with van der Waals surface area (Å²) in [4.78, 5) is 23.2. The van der Waals surface area contributed by atoms with E-state index in [1.54, 1.807) is 36.4 Å². The molecule has 3 aromatic rings. The highest BCUT2D eigenvalue weighted by molar-refractivity contribution is 6.01. The topological polar surface area (TPSA) is 102 Å². The van der Waals surface area contributed by atoms with Gasteiger partial charge in [0.2, 0.25) is 0 Å². The molecule has 0 saturated carbocycles. The molecule has 0 fully saturated rings. The number of benzene rings is 3. The third-order valence-electron chi connectivity index (χ3n) is 4.42. The number of nitriles is 1. The van der Waals surface area contributed by atoms with Crippen molar-refractivity contribution in [1.29, 1.82) is 5.26 Å². The molecule has 3 rings (SSSR count). The van der Waals surface area contributed by atoms with E-state index in [-0.39, 0.29) is 17.7 Å². The lowest BCUT2D eigenvalue weighted by molar-refractivity contribution is -0.255. The van der Waals surface area contributed by atoms with Gasteiger partial charge >= 0.3 is 0 Å². The van der Waals surface area contributed by atoms with Gasteiger partial charge in [0.25, 0.3) is 5.91 Å². The number of hydrogen-bond donors (Lipinski definition) is 1. The molecular formula is C25H19N2O4-. The molecule has 154 valence electrons. The lowest BCUT2D eigenvalue weighted by Crippen LogP contribution is -2.23. The minimum absolute atomic E-state index is 0.00342. The number of aromatic carboxylic acids is 1. The fourth-order valence-corrected chi connectivity index (χ4v) is 2.80. The largest absolute Gasteiger partial charge is 0.545 e. The SMILES string of the molecule is N#C/C(=C/c1ccc(OCc2cccc(C(=O)[O-])c2)cc1)C(=O)NCc1ccccc1. The van der Waals surface area contributed by atoms with Gasteiger partial charge in [0, 0.05) is 6.54 Å². The highest BCUT2D eigenvalue weighted by Crippen LogP contribution is 2.17. The van der Waals surface area contributed by atoms with Crippen molar-refractivity contribution < 1.29 is 19.4 Å². The third-order valence-corrected chi connectivity index (χ3v) is 4.42. The Morgan fingerprint density at radius 3 is 2.35 bits per heavy atom. The zero-order chi connectivity index (χ0) is 22.1. The van der Waals surface area contributed by atoms with E-state index >= 15 is 0 Å². The summed E-state index contributed by atoms with van der Waals surface area (Å²) in [6, 6.07) is 24.6. The van der Waals surface area contributed by atoms with Crippen LogP contribution in [-0.4, -0.2) is 11.9 Å². The van der Waals surface area contributed by atoms with Crippen LogP contribution in [0.2, 0.25) is 0 Å². The Kier molecular flexibility index (Phi) is 7.17. The zero-order valence-corrected chi connectivity index (χ0v) is 16.6. The van der Waals surface area contributed by atoms with Crippen molar-refractivity contribution in [3.05, 3.63) is 107 Å². The molecule has 0 aliphatic rings. The number of hydrogen-bond acceptors (Lipinski definition) is 5. The number of rotatable bonds is 8. The summed E-state index contributed by atoms with van der Waals surface area (Å²) in [6.45, 7) is 0.534. The second kappa shape index (κ2) is 10.4. The van der Waals surface area contributed by atoms with Gasteiger partial charge in [-0.1, -0.05) is 60.7 Å². The van der Waals surface area contributed by atoms with Crippen molar-refractivity contribution in [1.82, 2.24) is 5.32 Å². The number of nitrogens with one attached hydrogen (secondary N) is 1. The lowest BCUT2D eigenvalue weighted by atomic mass is 10.1. The van der Waals surface area contributed by atoms with E-state index in [4.69, 9.17) is 4.74 Å². The van der Waals surface area contributed by atoms with Gasteiger partial charge in [-0.15, -0.1) is 0 Å². The Bertz CT molecular complexity index is 1130.